The van der Waals surface area contributed by atoms with E-state index in [2.05, 4.69) is 82.2 Å². The van der Waals surface area contributed by atoms with Gasteiger partial charge in [-0.05, 0) is 47.5 Å². The maximum absolute atomic E-state index is 5.17. The number of pyridine rings is 3. The summed E-state index contributed by atoms with van der Waals surface area (Å²) in [6.07, 6.45) is 3.81. The second kappa shape index (κ2) is 11.1. The lowest BCUT2D eigenvalue weighted by molar-refractivity contribution is 1.16. The van der Waals surface area contributed by atoms with Gasteiger partial charge in [0.25, 0.3) is 0 Å². The highest BCUT2D eigenvalue weighted by Gasteiger charge is 2.16. The molecule has 0 spiro atoms. The molecular formula is C41H26N6. The molecule has 0 unspecified atom stereocenters. The van der Waals surface area contributed by atoms with Gasteiger partial charge in [0.05, 0.1) is 22.8 Å². The number of benzene rings is 4. The molecule has 5 aromatic heterocycles. The van der Waals surface area contributed by atoms with Crippen LogP contribution in [-0.2, 0) is 0 Å². The number of fused-ring (bicyclic) bond motifs is 5. The zero-order valence-corrected chi connectivity index (χ0v) is 25.2. The highest BCUT2D eigenvalue weighted by Crippen LogP contribution is 2.35. The van der Waals surface area contributed by atoms with Gasteiger partial charge in [-0.2, -0.15) is 0 Å². The molecule has 0 aliphatic heterocycles. The van der Waals surface area contributed by atoms with Crippen molar-refractivity contribution in [1.82, 2.24) is 29.3 Å². The summed E-state index contributed by atoms with van der Waals surface area (Å²) >= 11 is 0. The molecule has 0 aliphatic rings. The van der Waals surface area contributed by atoms with Crippen LogP contribution in [0.25, 0.3) is 84.0 Å². The molecular weight excluding hydrogens is 576 g/mol. The summed E-state index contributed by atoms with van der Waals surface area (Å²) in [4.78, 5) is 24.5. The molecule has 0 atom stereocenters. The van der Waals surface area contributed by atoms with E-state index in [1.807, 2.05) is 79.0 Å². The molecule has 9 rings (SSSR count). The molecule has 0 radical (unpaired) electrons. The topological polar surface area (TPSA) is 68.9 Å². The second-order valence-electron chi connectivity index (χ2n) is 11.4. The van der Waals surface area contributed by atoms with Crippen LogP contribution in [0.1, 0.15) is 0 Å². The van der Waals surface area contributed by atoms with Gasteiger partial charge in [-0.25, -0.2) is 19.9 Å². The van der Waals surface area contributed by atoms with Crippen molar-refractivity contribution < 1.29 is 0 Å². The number of nitrogens with zero attached hydrogens (tertiary/aromatic N) is 6. The number of hydrogen-bond donors (Lipinski definition) is 0. The number of imidazole rings is 1. The lowest BCUT2D eigenvalue weighted by Gasteiger charge is -2.11. The molecule has 0 saturated carbocycles. The fourth-order valence-corrected chi connectivity index (χ4v) is 6.19. The van der Waals surface area contributed by atoms with Crippen molar-refractivity contribution in [2.45, 2.75) is 0 Å². The van der Waals surface area contributed by atoms with Crippen LogP contribution in [0.4, 0.5) is 0 Å². The van der Waals surface area contributed by atoms with Gasteiger partial charge in [0, 0.05) is 39.9 Å². The van der Waals surface area contributed by atoms with E-state index in [0.29, 0.717) is 5.82 Å². The zero-order valence-electron chi connectivity index (χ0n) is 25.2. The van der Waals surface area contributed by atoms with E-state index in [1.165, 1.54) is 0 Å². The minimum Gasteiger partial charge on any atom is -0.284 e. The minimum atomic E-state index is 0.668. The maximum atomic E-state index is 5.17. The molecule has 6 heteroatoms. The summed E-state index contributed by atoms with van der Waals surface area (Å²) in [5, 5.41) is 2.18. The number of aromatic nitrogens is 6. The average molecular weight is 603 g/mol. The largest absolute Gasteiger partial charge is 0.284 e. The summed E-state index contributed by atoms with van der Waals surface area (Å²) in [5.74, 6) is 0.668. The van der Waals surface area contributed by atoms with Crippen molar-refractivity contribution in [1.29, 1.82) is 0 Å². The molecule has 0 N–H and O–H groups in total. The summed E-state index contributed by atoms with van der Waals surface area (Å²) in [7, 11) is 0. The Hall–Kier alpha value is -6.53. The fraction of sp³-hybridized carbons (Fsp3) is 0. The quantitative estimate of drug-likeness (QED) is 0.196. The smallest absolute Gasteiger partial charge is 0.165 e. The molecule has 0 saturated heterocycles. The van der Waals surface area contributed by atoms with E-state index in [0.717, 1.165) is 78.2 Å². The predicted octanol–water partition coefficient (Wildman–Crippen LogP) is 9.56. The van der Waals surface area contributed by atoms with Gasteiger partial charge in [-0.1, -0.05) is 109 Å². The highest BCUT2D eigenvalue weighted by molar-refractivity contribution is 6.09. The summed E-state index contributed by atoms with van der Waals surface area (Å²) in [6.45, 7) is 0. The fourth-order valence-electron chi connectivity index (χ4n) is 6.19. The third kappa shape index (κ3) is 4.80. The van der Waals surface area contributed by atoms with Crippen LogP contribution in [-0.4, -0.2) is 29.3 Å². The van der Waals surface area contributed by atoms with Crippen LogP contribution in [0.15, 0.2) is 158 Å². The molecule has 0 aliphatic carbocycles. The van der Waals surface area contributed by atoms with Crippen molar-refractivity contribution in [2.75, 3.05) is 0 Å². The highest BCUT2D eigenvalue weighted by atomic mass is 15.1. The summed E-state index contributed by atoms with van der Waals surface area (Å²) < 4.78 is 2.06. The van der Waals surface area contributed by atoms with Crippen molar-refractivity contribution in [2.24, 2.45) is 0 Å². The zero-order chi connectivity index (χ0) is 31.2. The minimum absolute atomic E-state index is 0.668. The van der Waals surface area contributed by atoms with E-state index in [4.69, 9.17) is 19.9 Å². The van der Waals surface area contributed by atoms with Crippen molar-refractivity contribution >= 4 is 27.6 Å². The first kappa shape index (κ1) is 26.8. The SMILES string of the molecule is c1ccc(-c2nc(-c3cccc(-c4ccc(-c5nc6c(nc7ccccn76)c6ccccc56)cc4)c3)cc(-c3ccccn3)n2)cc1. The van der Waals surface area contributed by atoms with Crippen LogP contribution in [0.3, 0.4) is 0 Å². The first-order valence-electron chi connectivity index (χ1n) is 15.5. The Morgan fingerprint density at radius 1 is 0.426 bits per heavy atom. The molecule has 6 nitrogen and oxygen atoms in total. The van der Waals surface area contributed by atoms with Crippen molar-refractivity contribution in [3.63, 3.8) is 0 Å². The Morgan fingerprint density at radius 2 is 1.15 bits per heavy atom. The first-order chi connectivity index (χ1) is 23.3. The maximum Gasteiger partial charge on any atom is 0.165 e. The van der Waals surface area contributed by atoms with E-state index in [-0.39, 0.29) is 0 Å². The monoisotopic (exact) mass is 602 g/mol. The van der Waals surface area contributed by atoms with Crippen LogP contribution in [0.5, 0.6) is 0 Å². The summed E-state index contributed by atoms with van der Waals surface area (Å²) in [5.41, 5.74) is 11.3. The standard InChI is InChI=1S/C41H26N6/c1-2-11-29(12-3-1)40-43-35(26-36(44-40)34-17-6-8-23-42-34)31-14-10-13-30(25-31)27-19-21-28(22-20-27)38-32-15-4-5-16-33(32)39-41(46-38)47-24-9-7-18-37(47)45-39/h1-26H. The Labute approximate surface area is 270 Å². The Kier molecular flexibility index (Phi) is 6.35. The van der Waals surface area contributed by atoms with Gasteiger partial charge < -0.3 is 0 Å². The van der Waals surface area contributed by atoms with Gasteiger partial charge >= 0.3 is 0 Å². The number of hydrogen-bond acceptors (Lipinski definition) is 5. The third-order valence-electron chi connectivity index (χ3n) is 8.50. The molecule has 0 amide bonds. The Morgan fingerprint density at radius 3 is 2.00 bits per heavy atom. The second-order valence-corrected chi connectivity index (χ2v) is 11.4. The van der Waals surface area contributed by atoms with E-state index >= 15 is 0 Å². The van der Waals surface area contributed by atoms with Crippen LogP contribution in [0.2, 0.25) is 0 Å². The molecule has 47 heavy (non-hydrogen) atoms. The van der Waals surface area contributed by atoms with Gasteiger partial charge in [-0.3, -0.25) is 9.38 Å². The predicted molar refractivity (Wildman–Crippen MR) is 189 cm³/mol. The average Bonchev–Trinajstić information content (AvgIpc) is 3.54. The van der Waals surface area contributed by atoms with Gasteiger partial charge in [0.2, 0.25) is 0 Å². The molecule has 0 fully saturated rings. The lowest BCUT2D eigenvalue weighted by atomic mass is 9.98. The molecule has 4 aromatic carbocycles. The first-order valence-corrected chi connectivity index (χ1v) is 15.5. The van der Waals surface area contributed by atoms with Crippen molar-refractivity contribution in [3.8, 4) is 56.4 Å². The normalized spacial score (nSPS) is 11.4. The van der Waals surface area contributed by atoms with E-state index in [1.54, 1.807) is 6.20 Å². The molecule has 9 aromatic rings. The Bertz CT molecular complexity index is 2500. The van der Waals surface area contributed by atoms with Crippen LogP contribution < -0.4 is 0 Å². The van der Waals surface area contributed by atoms with Gasteiger partial charge in [0.1, 0.15) is 11.2 Å². The van der Waals surface area contributed by atoms with E-state index < -0.39 is 0 Å². The van der Waals surface area contributed by atoms with E-state index in [9.17, 15) is 0 Å². The lowest BCUT2D eigenvalue weighted by Crippen LogP contribution is -1.97. The third-order valence-corrected chi connectivity index (χ3v) is 8.50. The van der Waals surface area contributed by atoms with Crippen molar-refractivity contribution in [3.05, 3.63) is 158 Å². The summed E-state index contributed by atoms with van der Waals surface area (Å²) in [6, 6.07) is 49.5. The van der Waals surface area contributed by atoms with Gasteiger partial charge in [0.15, 0.2) is 11.5 Å². The number of rotatable bonds is 5. The van der Waals surface area contributed by atoms with Crippen LogP contribution in [0, 0.1) is 0 Å². The molecule has 220 valence electrons. The molecule has 0 bridgehead atoms. The van der Waals surface area contributed by atoms with Gasteiger partial charge in [-0.15, -0.1) is 0 Å². The van der Waals surface area contributed by atoms with Crippen LogP contribution >= 0.6 is 0 Å². The molecule has 5 heterocycles. The Balaban J connectivity index is 1.12.